The number of rotatable bonds is 6. The van der Waals surface area contributed by atoms with E-state index in [2.05, 4.69) is 0 Å². The van der Waals surface area contributed by atoms with Crippen LogP contribution in [-0.4, -0.2) is 61.2 Å². The second kappa shape index (κ2) is 8.58. The Morgan fingerprint density at radius 1 is 1.03 bits per heavy atom. The molecule has 0 saturated carbocycles. The lowest BCUT2D eigenvalue weighted by Gasteiger charge is -2.34. The second-order valence-corrected chi connectivity index (χ2v) is 8.34. The number of hydrogen-bond donors (Lipinski definition) is 0. The van der Waals surface area contributed by atoms with Gasteiger partial charge in [0.15, 0.2) is 0 Å². The number of non-ortho nitro benzene ring substituents is 1. The highest BCUT2D eigenvalue weighted by Crippen LogP contribution is 2.22. The first-order chi connectivity index (χ1) is 13.8. The second-order valence-electron chi connectivity index (χ2n) is 6.40. The van der Waals surface area contributed by atoms with Gasteiger partial charge in [0.2, 0.25) is 10.0 Å². The number of nitro benzene ring substituents is 1. The lowest BCUT2D eigenvalue weighted by molar-refractivity contribution is -0.384. The van der Waals surface area contributed by atoms with Gasteiger partial charge in [0, 0.05) is 43.9 Å². The zero-order chi connectivity index (χ0) is 21.0. The van der Waals surface area contributed by atoms with E-state index >= 15 is 0 Å². The number of amides is 1. The largest absolute Gasteiger partial charge is 0.494 e. The third-order valence-electron chi connectivity index (χ3n) is 4.62. The van der Waals surface area contributed by atoms with Gasteiger partial charge in [0.1, 0.15) is 5.75 Å². The average Bonchev–Trinajstić information content (AvgIpc) is 2.74. The summed E-state index contributed by atoms with van der Waals surface area (Å²) in [6.07, 6.45) is 0. The Kier molecular flexibility index (Phi) is 6.14. The molecule has 1 saturated heterocycles. The van der Waals surface area contributed by atoms with Crippen LogP contribution in [0.5, 0.6) is 5.75 Å². The van der Waals surface area contributed by atoms with Gasteiger partial charge in [-0.2, -0.15) is 4.31 Å². The smallest absolute Gasteiger partial charge is 0.269 e. The maximum absolute atomic E-state index is 12.8. The number of nitro groups is 1. The van der Waals surface area contributed by atoms with Crippen molar-refractivity contribution >= 4 is 21.6 Å². The van der Waals surface area contributed by atoms with Crippen LogP contribution in [0.2, 0.25) is 0 Å². The molecule has 0 unspecified atom stereocenters. The lowest BCUT2D eigenvalue weighted by atomic mass is 10.1. The summed E-state index contributed by atoms with van der Waals surface area (Å²) >= 11 is 0. The summed E-state index contributed by atoms with van der Waals surface area (Å²) in [7, 11) is -3.66. The van der Waals surface area contributed by atoms with Crippen molar-refractivity contribution in [2.45, 2.75) is 11.8 Å². The van der Waals surface area contributed by atoms with Crippen molar-refractivity contribution in [2.75, 3.05) is 32.8 Å². The van der Waals surface area contributed by atoms with Crippen LogP contribution >= 0.6 is 0 Å². The van der Waals surface area contributed by atoms with Crippen LogP contribution < -0.4 is 4.74 Å². The van der Waals surface area contributed by atoms with Crippen molar-refractivity contribution < 1.29 is 22.9 Å². The molecular formula is C19H21N3O6S. The van der Waals surface area contributed by atoms with Crippen LogP contribution in [-0.2, 0) is 10.0 Å². The van der Waals surface area contributed by atoms with Crippen molar-refractivity contribution in [3.63, 3.8) is 0 Å². The maximum atomic E-state index is 12.8. The molecule has 0 spiro atoms. The van der Waals surface area contributed by atoms with Crippen LogP contribution in [0.4, 0.5) is 5.69 Å². The number of sulfonamides is 1. The quantitative estimate of drug-likeness (QED) is 0.524. The van der Waals surface area contributed by atoms with E-state index < -0.39 is 14.9 Å². The molecule has 1 amide bonds. The standard InChI is InChI=1S/C19H21N3O6S/c1-2-28-17-7-9-18(10-8-17)29(26,27)21-13-11-20(12-14-21)19(23)15-3-5-16(6-4-15)22(24)25/h3-10H,2,11-14H2,1H3. The van der Waals surface area contributed by atoms with E-state index in [1.54, 1.807) is 17.0 Å². The lowest BCUT2D eigenvalue weighted by Crippen LogP contribution is -2.50. The molecule has 29 heavy (non-hydrogen) atoms. The van der Waals surface area contributed by atoms with Gasteiger partial charge in [-0.3, -0.25) is 14.9 Å². The molecule has 1 aliphatic heterocycles. The van der Waals surface area contributed by atoms with E-state index in [9.17, 15) is 23.3 Å². The van der Waals surface area contributed by atoms with Crippen LogP contribution in [0.25, 0.3) is 0 Å². The van der Waals surface area contributed by atoms with E-state index in [4.69, 9.17) is 4.74 Å². The van der Waals surface area contributed by atoms with E-state index in [1.807, 2.05) is 6.92 Å². The van der Waals surface area contributed by atoms with Gasteiger partial charge in [-0.1, -0.05) is 0 Å². The molecule has 1 fully saturated rings. The molecule has 0 N–H and O–H groups in total. The van der Waals surface area contributed by atoms with Gasteiger partial charge in [0.05, 0.1) is 16.4 Å². The molecule has 0 radical (unpaired) electrons. The monoisotopic (exact) mass is 419 g/mol. The summed E-state index contributed by atoms with van der Waals surface area (Å²) < 4.78 is 32.3. The molecule has 9 nitrogen and oxygen atoms in total. The van der Waals surface area contributed by atoms with E-state index in [0.29, 0.717) is 17.9 Å². The van der Waals surface area contributed by atoms with Crippen molar-refractivity contribution in [1.29, 1.82) is 0 Å². The molecule has 1 heterocycles. The van der Waals surface area contributed by atoms with Crippen LogP contribution in [0, 0.1) is 10.1 Å². The van der Waals surface area contributed by atoms with E-state index in [1.165, 1.54) is 40.7 Å². The van der Waals surface area contributed by atoms with Gasteiger partial charge in [-0.25, -0.2) is 8.42 Å². The fourth-order valence-electron chi connectivity index (χ4n) is 3.06. The molecule has 1 aliphatic rings. The minimum Gasteiger partial charge on any atom is -0.494 e. The summed E-state index contributed by atoms with van der Waals surface area (Å²) in [5.74, 6) is 0.322. The summed E-state index contributed by atoms with van der Waals surface area (Å²) in [5.41, 5.74) is 0.242. The number of ether oxygens (including phenoxy) is 1. The third kappa shape index (κ3) is 4.54. The first-order valence-corrected chi connectivity index (χ1v) is 10.5. The maximum Gasteiger partial charge on any atom is 0.269 e. The highest BCUT2D eigenvalue weighted by molar-refractivity contribution is 7.89. The first kappa shape index (κ1) is 20.7. The minimum atomic E-state index is -3.66. The van der Waals surface area contributed by atoms with Crippen molar-refractivity contribution in [1.82, 2.24) is 9.21 Å². The fraction of sp³-hybridized carbons (Fsp3) is 0.316. The van der Waals surface area contributed by atoms with Gasteiger partial charge >= 0.3 is 0 Å². The molecular weight excluding hydrogens is 398 g/mol. The molecule has 0 bridgehead atoms. The topological polar surface area (TPSA) is 110 Å². The number of nitrogens with zero attached hydrogens (tertiary/aromatic N) is 3. The Balaban J connectivity index is 1.64. The van der Waals surface area contributed by atoms with Gasteiger partial charge in [-0.15, -0.1) is 0 Å². The van der Waals surface area contributed by atoms with E-state index in [-0.39, 0.29) is 42.7 Å². The van der Waals surface area contributed by atoms with Gasteiger partial charge in [-0.05, 0) is 43.3 Å². The van der Waals surface area contributed by atoms with Crippen LogP contribution in [0.1, 0.15) is 17.3 Å². The summed E-state index contributed by atoms with van der Waals surface area (Å²) in [6.45, 7) is 3.18. The SMILES string of the molecule is CCOc1ccc(S(=O)(=O)N2CCN(C(=O)c3ccc([N+](=O)[O-])cc3)CC2)cc1. The summed E-state index contributed by atoms with van der Waals surface area (Å²) in [4.78, 5) is 24.5. The Bertz CT molecular complexity index is 982. The van der Waals surface area contributed by atoms with E-state index in [0.717, 1.165) is 0 Å². The minimum absolute atomic E-state index is 0.0900. The molecule has 0 aliphatic carbocycles. The molecule has 2 aromatic carbocycles. The van der Waals surface area contributed by atoms with Crippen LogP contribution in [0.3, 0.4) is 0 Å². The molecule has 154 valence electrons. The predicted octanol–water partition coefficient (Wildman–Crippen LogP) is 2.14. The van der Waals surface area contributed by atoms with Gasteiger partial charge in [0.25, 0.3) is 11.6 Å². The zero-order valence-corrected chi connectivity index (χ0v) is 16.7. The first-order valence-electron chi connectivity index (χ1n) is 9.09. The number of carbonyl (C=O) groups is 1. The zero-order valence-electron chi connectivity index (χ0n) is 15.9. The Labute approximate surface area is 168 Å². The Morgan fingerprint density at radius 3 is 2.14 bits per heavy atom. The molecule has 0 aromatic heterocycles. The van der Waals surface area contributed by atoms with Crippen molar-refractivity contribution in [2.24, 2.45) is 0 Å². The van der Waals surface area contributed by atoms with Gasteiger partial charge < -0.3 is 9.64 Å². The van der Waals surface area contributed by atoms with Crippen molar-refractivity contribution in [3.05, 3.63) is 64.2 Å². The van der Waals surface area contributed by atoms with Crippen molar-refractivity contribution in [3.8, 4) is 5.75 Å². The summed E-state index contributed by atoms with van der Waals surface area (Å²) in [5, 5.41) is 10.7. The Morgan fingerprint density at radius 2 is 1.62 bits per heavy atom. The third-order valence-corrected chi connectivity index (χ3v) is 6.54. The average molecular weight is 419 g/mol. The van der Waals surface area contributed by atoms with Crippen LogP contribution in [0.15, 0.2) is 53.4 Å². The number of hydrogen-bond acceptors (Lipinski definition) is 6. The predicted molar refractivity (Wildman–Crippen MR) is 105 cm³/mol. The molecule has 3 rings (SSSR count). The normalized spacial score (nSPS) is 15.1. The highest BCUT2D eigenvalue weighted by atomic mass is 32.2. The fourth-order valence-corrected chi connectivity index (χ4v) is 4.49. The highest BCUT2D eigenvalue weighted by Gasteiger charge is 2.30. The number of benzene rings is 2. The number of carbonyl (C=O) groups excluding carboxylic acids is 1. The number of piperazine rings is 1. The molecule has 10 heteroatoms. The Hall–Kier alpha value is -2.98. The molecule has 2 aromatic rings. The molecule has 0 atom stereocenters. The summed E-state index contributed by atoms with van der Waals surface area (Å²) in [6, 6.07) is 11.6.